The molecule has 2 aromatic rings. The summed E-state index contributed by atoms with van der Waals surface area (Å²) in [6, 6.07) is 8.48. The third-order valence-corrected chi connectivity index (χ3v) is 9.86. The second-order valence-corrected chi connectivity index (χ2v) is 12.1. The van der Waals surface area contributed by atoms with E-state index in [4.69, 9.17) is 4.98 Å². The number of carbonyl (C=O) groups is 2. The van der Waals surface area contributed by atoms with Crippen molar-refractivity contribution >= 4 is 23.2 Å². The van der Waals surface area contributed by atoms with Crippen molar-refractivity contribution in [2.24, 2.45) is 16.7 Å². The lowest BCUT2D eigenvalue weighted by atomic mass is 9.88. The van der Waals surface area contributed by atoms with Crippen molar-refractivity contribution in [1.82, 2.24) is 15.2 Å². The van der Waals surface area contributed by atoms with Crippen molar-refractivity contribution in [2.75, 3.05) is 13.1 Å². The number of thiazole rings is 1. The number of benzene rings is 1. The molecule has 2 amide bonds. The topological polar surface area (TPSA) is 62.3 Å². The SMILES string of the molecule is CC1(C)C(C(=O)N2CCC(c3nc(C(=O)NC4CCCc5ccccc54)cs3)CC2)C1(C)C. The van der Waals surface area contributed by atoms with Crippen LogP contribution in [0.3, 0.4) is 0 Å². The number of likely N-dealkylation sites (tertiary alicyclic amines) is 1. The van der Waals surface area contributed by atoms with E-state index in [9.17, 15) is 9.59 Å². The Morgan fingerprint density at radius 1 is 1.06 bits per heavy atom. The van der Waals surface area contributed by atoms with E-state index in [1.165, 1.54) is 11.1 Å². The number of rotatable bonds is 4. The maximum atomic E-state index is 13.1. The molecule has 1 aromatic heterocycles. The molecule has 5 nitrogen and oxygen atoms in total. The number of fused-ring (bicyclic) bond motifs is 1. The maximum absolute atomic E-state index is 13.1. The second kappa shape index (κ2) is 8.23. The van der Waals surface area contributed by atoms with E-state index in [2.05, 4.69) is 56.1 Å². The lowest BCUT2D eigenvalue weighted by Gasteiger charge is -2.32. The first-order chi connectivity index (χ1) is 15.7. The van der Waals surface area contributed by atoms with Crippen LogP contribution in [0.25, 0.3) is 0 Å². The summed E-state index contributed by atoms with van der Waals surface area (Å²) in [4.78, 5) is 32.8. The van der Waals surface area contributed by atoms with Gasteiger partial charge in [0.1, 0.15) is 5.69 Å². The van der Waals surface area contributed by atoms with Gasteiger partial charge in [0.15, 0.2) is 0 Å². The molecule has 3 aliphatic rings. The van der Waals surface area contributed by atoms with Gasteiger partial charge in [0.2, 0.25) is 5.91 Å². The molecule has 1 aromatic carbocycles. The lowest BCUT2D eigenvalue weighted by molar-refractivity contribution is -0.134. The summed E-state index contributed by atoms with van der Waals surface area (Å²) in [5.41, 5.74) is 3.27. The van der Waals surface area contributed by atoms with Crippen LogP contribution >= 0.6 is 11.3 Å². The summed E-state index contributed by atoms with van der Waals surface area (Å²) in [6.45, 7) is 10.4. The summed E-state index contributed by atoms with van der Waals surface area (Å²) in [6.07, 6.45) is 4.99. The van der Waals surface area contributed by atoms with Crippen LogP contribution in [0, 0.1) is 16.7 Å². The van der Waals surface area contributed by atoms with Crippen molar-refractivity contribution in [3.63, 3.8) is 0 Å². The molecule has 1 saturated carbocycles. The fourth-order valence-corrected chi connectivity index (χ4v) is 7.03. The lowest BCUT2D eigenvalue weighted by Crippen LogP contribution is -2.40. The monoisotopic (exact) mass is 465 g/mol. The highest BCUT2D eigenvalue weighted by molar-refractivity contribution is 7.09. The van der Waals surface area contributed by atoms with Crippen LogP contribution in [0.4, 0.5) is 0 Å². The number of carbonyl (C=O) groups excluding carboxylic acids is 2. The zero-order chi connectivity index (χ0) is 23.4. The summed E-state index contributed by atoms with van der Waals surface area (Å²) in [7, 11) is 0. The highest BCUT2D eigenvalue weighted by Crippen LogP contribution is 2.68. The Morgan fingerprint density at radius 2 is 1.76 bits per heavy atom. The number of hydrogen-bond donors (Lipinski definition) is 1. The average Bonchev–Trinajstić information content (AvgIpc) is 3.14. The van der Waals surface area contributed by atoms with E-state index >= 15 is 0 Å². The average molecular weight is 466 g/mol. The van der Waals surface area contributed by atoms with E-state index in [1.807, 2.05) is 11.4 Å². The number of nitrogens with one attached hydrogen (secondary N) is 1. The molecule has 33 heavy (non-hydrogen) atoms. The molecule has 0 spiro atoms. The summed E-state index contributed by atoms with van der Waals surface area (Å²) in [5, 5.41) is 6.14. The first kappa shape index (κ1) is 22.6. The third kappa shape index (κ3) is 3.90. The van der Waals surface area contributed by atoms with Crippen LogP contribution in [-0.2, 0) is 11.2 Å². The standard InChI is InChI=1S/C27H35N3O2S/c1-26(2)22(27(26,3)4)25(32)30-14-12-18(13-15-30)24-29-21(16-33-24)23(31)28-20-11-7-9-17-8-5-6-10-19(17)20/h5-6,8,10,16,18,20,22H,7,9,11-15H2,1-4H3,(H,28,31). The molecule has 1 aliphatic heterocycles. The number of nitrogens with zero attached hydrogens (tertiary/aromatic N) is 2. The number of aryl methyl sites for hydroxylation is 1. The van der Waals surface area contributed by atoms with Gasteiger partial charge in [-0.05, 0) is 54.1 Å². The fraction of sp³-hybridized carbons (Fsp3) is 0.593. The van der Waals surface area contributed by atoms with Gasteiger partial charge in [-0.15, -0.1) is 11.3 Å². The number of amides is 2. The number of aromatic nitrogens is 1. The first-order valence-corrected chi connectivity index (χ1v) is 13.2. The molecule has 1 unspecified atom stereocenters. The van der Waals surface area contributed by atoms with Crippen molar-refractivity contribution < 1.29 is 9.59 Å². The zero-order valence-corrected chi connectivity index (χ0v) is 21.0. The Morgan fingerprint density at radius 3 is 2.45 bits per heavy atom. The van der Waals surface area contributed by atoms with Crippen LogP contribution in [-0.4, -0.2) is 34.8 Å². The van der Waals surface area contributed by atoms with Gasteiger partial charge >= 0.3 is 0 Å². The van der Waals surface area contributed by atoms with Gasteiger partial charge in [-0.3, -0.25) is 9.59 Å². The normalized spacial score (nSPS) is 24.2. The van der Waals surface area contributed by atoms with Gasteiger partial charge in [0.05, 0.1) is 11.0 Å². The van der Waals surface area contributed by atoms with E-state index in [-0.39, 0.29) is 28.7 Å². The molecule has 1 N–H and O–H groups in total. The summed E-state index contributed by atoms with van der Waals surface area (Å²) >= 11 is 1.58. The molecule has 1 atom stereocenters. The molecule has 0 bridgehead atoms. The van der Waals surface area contributed by atoms with Crippen LogP contribution < -0.4 is 5.32 Å². The zero-order valence-electron chi connectivity index (χ0n) is 20.2. The number of hydrogen-bond acceptors (Lipinski definition) is 4. The van der Waals surface area contributed by atoms with E-state index < -0.39 is 0 Å². The smallest absolute Gasteiger partial charge is 0.271 e. The molecule has 2 heterocycles. The minimum Gasteiger partial charge on any atom is -0.344 e. The molecule has 2 fully saturated rings. The largest absolute Gasteiger partial charge is 0.344 e. The highest BCUT2D eigenvalue weighted by Gasteiger charge is 2.68. The number of piperidine rings is 1. The Labute approximate surface area is 201 Å². The summed E-state index contributed by atoms with van der Waals surface area (Å²) < 4.78 is 0. The van der Waals surface area contributed by atoms with Crippen molar-refractivity contribution in [3.05, 3.63) is 51.5 Å². The molecule has 176 valence electrons. The Balaban J connectivity index is 1.18. The quantitative estimate of drug-likeness (QED) is 0.663. The molecule has 6 heteroatoms. The van der Waals surface area contributed by atoms with Gasteiger partial charge in [0.25, 0.3) is 5.91 Å². The molecular weight excluding hydrogens is 430 g/mol. The van der Waals surface area contributed by atoms with E-state index in [1.54, 1.807) is 11.3 Å². The molecule has 1 saturated heterocycles. The van der Waals surface area contributed by atoms with Crippen molar-refractivity contribution in [2.45, 2.75) is 71.8 Å². The minimum absolute atomic E-state index is 0.0674. The predicted octanol–water partition coefficient (Wildman–Crippen LogP) is 5.34. The maximum Gasteiger partial charge on any atom is 0.271 e. The molecular formula is C27H35N3O2S. The summed E-state index contributed by atoms with van der Waals surface area (Å²) in [5.74, 6) is 0.693. The van der Waals surface area contributed by atoms with Crippen molar-refractivity contribution in [3.8, 4) is 0 Å². The molecule has 2 aliphatic carbocycles. The van der Waals surface area contributed by atoms with Crippen molar-refractivity contribution in [1.29, 1.82) is 0 Å². The fourth-order valence-electron chi connectivity index (χ4n) is 6.06. The molecule has 5 rings (SSSR count). The minimum atomic E-state index is -0.0787. The predicted molar refractivity (Wildman–Crippen MR) is 131 cm³/mol. The van der Waals surface area contributed by atoms with Gasteiger partial charge in [-0.2, -0.15) is 0 Å². The highest BCUT2D eigenvalue weighted by atomic mass is 32.1. The first-order valence-electron chi connectivity index (χ1n) is 12.3. The van der Waals surface area contributed by atoms with Crippen LogP contribution in [0.15, 0.2) is 29.6 Å². The van der Waals surface area contributed by atoms with Crippen LogP contribution in [0.5, 0.6) is 0 Å². The Kier molecular flexibility index (Phi) is 5.63. The van der Waals surface area contributed by atoms with E-state index in [0.29, 0.717) is 17.5 Å². The van der Waals surface area contributed by atoms with Gasteiger partial charge < -0.3 is 10.2 Å². The van der Waals surface area contributed by atoms with Gasteiger partial charge in [0, 0.05) is 30.3 Å². The van der Waals surface area contributed by atoms with Crippen LogP contribution in [0.2, 0.25) is 0 Å². The van der Waals surface area contributed by atoms with E-state index in [0.717, 1.165) is 50.2 Å². The third-order valence-electron chi connectivity index (χ3n) is 8.85. The van der Waals surface area contributed by atoms with Gasteiger partial charge in [-0.1, -0.05) is 52.0 Å². The second-order valence-electron chi connectivity index (χ2n) is 11.2. The van der Waals surface area contributed by atoms with Crippen LogP contribution in [0.1, 0.15) is 92.0 Å². The Bertz CT molecular complexity index is 1050. The Hall–Kier alpha value is -2.21. The van der Waals surface area contributed by atoms with Gasteiger partial charge in [-0.25, -0.2) is 4.98 Å². The molecule has 0 radical (unpaired) electrons.